The number of benzene rings is 1. The first-order chi connectivity index (χ1) is 8.78. The Kier molecular flexibility index (Phi) is 4.79. The molecule has 0 radical (unpaired) electrons. The minimum absolute atomic E-state index is 0.855. The number of nitrogen functional groups attached to an aromatic ring is 1. The molecule has 2 rings (SSSR count). The fourth-order valence-electron chi connectivity index (χ4n) is 2.01. The molecule has 2 N–H and O–H groups in total. The SMILES string of the molecule is CCN(CCc1cccc(N)c1)Cc1cccs1. The van der Waals surface area contributed by atoms with Crippen molar-refractivity contribution in [2.75, 3.05) is 18.8 Å². The maximum Gasteiger partial charge on any atom is 0.0327 e. The van der Waals surface area contributed by atoms with E-state index in [1.165, 1.54) is 10.4 Å². The van der Waals surface area contributed by atoms with Crippen LogP contribution in [0.5, 0.6) is 0 Å². The summed E-state index contributed by atoms with van der Waals surface area (Å²) in [6, 6.07) is 12.5. The van der Waals surface area contributed by atoms with Gasteiger partial charge in [0.05, 0.1) is 0 Å². The number of nitrogens with two attached hydrogens (primary N) is 1. The summed E-state index contributed by atoms with van der Waals surface area (Å²) in [5.74, 6) is 0. The monoisotopic (exact) mass is 260 g/mol. The van der Waals surface area contributed by atoms with E-state index in [2.05, 4.69) is 41.5 Å². The minimum Gasteiger partial charge on any atom is -0.399 e. The van der Waals surface area contributed by atoms with E-state index in [1.807, 2.05) is 23.5 Å². The standard InChI is InChI=1S/C15H20N2S/c1-2-17(12-15-7-4-10-18-15)9-8-13-5-3-6-14(16)11-13/h3-7,10-11H,2,8-9,12,16H2,1H3. The molecule has 0 aliphatic rings. The molecular weight excluding hydrogens is 240 g/mol. The quantitative estimate of drug-likeness (QED) is 0.807. The van der Waals surface area contributed by atoms with Crippen LogP contribution < -0.4 is 5.73 Å². The van der Waals surface area contributed by atoms with Crippen LogP contribution in [0.1, 0.15) is 17.4 Å². The Hall–Kier alpha value is -1.32. The zero-order valence-electron chi connectivity index (χ0n) is 10.8. The molecule has 1 aromatic carbocycles. The van der Waals surface area contributed by atoms with Crippen LogP contribution in [0.3, 0.4) is 0 Å². The van der Waals surface area contributed by atoms with E-state index in [-0.39, 0.29) is 0 Å². The number of likely N-dealkylation sites (N-methyl/N-ethyl adjacent to an activating group) is 1. The van der Waals surface area contributed by atoms with E-state index in [4.69, 9.17) is 5.73 Å². The first-order valence-electron chi connectivity index (χ1n) is 6.37. The van der Waals surface area contributed by atoms with Crippen molar-refractivity contribution in [2.24, 2.45) is 0 Å². The molecule has 0 bridgehead atoms. The fraction of sp³-hybridized carbons (Fsp3) is 0.333. The van der Waals surface area contributed by atoms with Crippen LogP contribution in [0, 0.1) is 0 Å². The predicted octanol–water partition coefficient (Wildman–Crippen LogP) is 3.39. The second kappa shape index (κ2) is 6.57. The highest BCUT2D eigenvalue weighted by Gasteiger charge is 2.05. The first kappa shape index (κ1) is 13.1. The summed E-state index contributed by atoms with van der Waals surface area (Å²) in [5, 5.41) is 2.14. The lowest BCUT2D eigenvalue weighted by Gasteiger charge is -2.19. The molecule has 0 aliphatic carbocycles. The Morgan fingerprint density at radius 3 is 2.78 bits per heavy atom. The molecule has 0 saturated carbocycles. The molecule has 0 spiro atoms. The zero-order chi connectivity index (χ0) is 12.8. The van der Waals surface area contributed by atoms with Gasteiger partial charge in [-0.05, 0) is 42.1 Å². The summed E-state index contributed by atoms with van der Waals surface area (Å²) in [6.07, 6.45) is 1.06. The topological polar surface area (TPSA) is 29.3 Å². The lowest BCUT2D eigenvalue weighted by molar-refractivity contribution is 0.286. The smallest absolute Gasteiger partial charge is 0.0327 e. The summed E-state index contributed by atoms with van der Waals surface area (Å²) in [4.78, 5) is 3.90. The van der Waals surface area contributed by atoms with E-state index < -0.39 is 0 Å². The molecule has 3 heteroatoms. The Morgan fingerprint density at radius 1 is 1.22 bits per heavy atom. The van der Waals surface area contributed by atoms with Crippen molar-refractivity contribution >= 4 is 17.0 Å². The maximum atomic E-state index is 5.80. The Morgan fingerprint density at radius 2 is 2.11 bits per heavy atom. The predicted molar refractivity (Wildman–Crippen MR) is 79.8 cm³/mol. The van der Waals surface area contributed by atoms with E-state index >= 15 is 0 Å². The van der Waals surface area contributed by atoms with Crippen molar-refractivity contribution in [2.45, 2.75) is 19.9 Å². The summed E-state index contributed by atoms with van der Waals surface area (Å²) in [7, 11) is 0. The molecular formula is C15H20N2S. The lowest BCUT2D eigenvalue weighted by Crippen LogP contribution is -2.24. The number of rotatable bonds is 6. The van der Waals surface area contributed by atoms with E-state index in [0.29, 0.717) is 0 Å². The molecule has 1 heterocycles. The van der Waals surface area contributed by atoms with Crippen LogP contribution in [-0.2, 0) is 13.0 Å². The molecule has 2 nitrogen and oxygen atoms in total. The second-order valence-corrected chi connectivity index (χ2v) is 5.48. The molecule has 0 amide bonds. The Bertz CT molecular complexity index is 465. The van der Waals surface area contributed by atoms with Crippen molar-refractivity contribution in [1.29, 1.82) is 0 Å². The number of anilines is 1. The molecule has 0 atom stereocenters. The van der Waals surface area contributed by atoms with Crippen LogP contribution in [0.4, 0.5) is 5.69 Å². The molecule has 1 aromatic heterocycles. The van der Waals surface area contributed by atoms with Gasteiger partial charge >= 0.3 is 0 Å². The number of hydrogen-bond acceptors (Lipinski definition) is 3. The van der Waals surface area contributed by atoms with Gasteiger partial charge in [-0.1, -0.05) is 25.1 Å². The Labute approximate surface area is 113 Å². The van der Waals surface area contributed by atoms with Gasteiger partial charge in [-0.2, -0.15) is 0 Å². The minimum atomic E-state index is 0.855. The molecule has 18 heavy (non-hydrogen) atoms. The van der Waals surface area contributed by atoms with Crippen molar-refractivity contribution in [3.8, 4) is 0 Å². The second-order valence-electron chi connectivity index (χ2n) is 4.44. The molecule has 96 valence electrons. The Balaban J connectivity index is 1.87. The van der Waals surface area contributed by atoms with Gasteiger partial charge in [0, 0.05) is 23.7 Å². The van der Waals surface area contributed by atoms with Crippen molar-refractivity contribution < 1.29 is 0 Å². The van der Waals surface area contributed by atoms with Gasteiger partial charge in [-0.25, -0.2) is 0 Å². The summed E-state index contributed by atoms with van der Waals surface area (Å²) in [6.45, 7) is 5.43. The van der Waals surface area contributed by atoms with Crippen molar-refractivity contribution in [1.82, 2.24) is 4.90 Å². The molecule has 2 aromatic rings. The van der Waals surface area contributed by atoms with Crippen LogP contribution >= 0.6 is 11.3 Å². The average Bonchev–Trinajstić information content (AvgIpc) is 2.87. The van der Waals surface area contributed by atoms with Gasteiger partial charge < -0.3 is 5.73 Å². The van der Waals surface area contributed by atoms with Crippen molar-refractivity contribution in [3.63, 3.8) is 0 Å². The fourth-order valence-corrected chi connectivity index (χ4v) is 2.75. The van der Waals surface area contributed by atoms with E-state index in [0.717, 1.165) is 31.7 Å². The highest BCUT2D eigenvalue weighted by atomic mass is 32.1. The van der Waals surface area contributed by atoms with E-state index in [1.54, 1.807) is 0 Å². The molecule has 0 aliphatic heterocycles. The number of hydrogen-bond donors (Lipinski definition) is 1. The number of thiophene rings is 1. The van der Waals surface area contributed by atoms with Gasteiger partial charge in [0.15, 0.2) is 0 Å². The number of nitrogens with zero attached hydrogens (tertiary/aromatic N) is 1. The lowest BCUT2D eigenvalue weighted by atomic mass is 10.1. The highest BCUT2D eigenvalue weighted by molar-refractivity contribution is 7.09. The third kappa shape index (κ3) is 3.86. The molecule has 0 unspecified atom stereocenters. The van der Waals surface area contributed by atoms with Gasteiger partial charge in [0.1, 0.15) is 0 Å². The van der Waals surface area contributed by atoms with Crippen molar-refractivity contribution in [3.05, 3.63) is 52.2 Å². The zero-order valence-corrected chi connectivity index (χ0v) is 11.6. The highest BCUT2D eigenvalue weighted by Crippen LogP contribution is 2.13. The summed E-state index contributed by atoms with van der Waals surface area (Å²) >= 11 is 1.83. The van der Waals surface area contributed by atoms with Gasteiger partial charge in [-0.15, -0.1) is 11.3 Å². The third-order valence-corrected chi connectivity index (χ3v) is 3.94. The summed E-state index contributed by atoms with van der Waals surface area (Å²) in [5.41, 5.74) is 7.97. The average molecular weight is 260 g/mol. The van der Waals surface area contributed by atoms with Crippen LogP contribution in [-0.4, -0.2) is 18.0 Å². The molecule has 0 saturated heterocycles. The van der Waals surface area contributed by atoms with Crippen LogP contribution in [0.25, 0.3) is 0 Å². The normalized spacial score (nSPS) is 11.0. The van der Waals surface area contributed by atoms with Crippen LogP contribution in [0.15, 0.2) is 41.8 Å². The van der Waals surface area contributed by atoms with Gasteiger partial charge in [0.25, 0.3) is 0 Å². The molecule has 0 fully saturated rings. The van der Waals surface area contributed by atoms with E-state index in [9.17, 15) is 0 Å². The first-order valence-corrected chi connectivity index (χ1v) is 7.25. The largest absolute Gasteiger partial charge is 0.399 e. The van der Waals surface area contributed by atoms with Crippen LogP contribution in [0.2, 0.25) is 0 Å². The van der Waals surface area contributed by atoms with Gasteiger partial charge in [-0.3, -0.25) is 4.90 Å². The summed E-state index contributed by atoms with van der Waals surface area (Å²) < 4.78 is 0. The third-order valence-electron chi connectivity index (χ3n) is 3.07. The van der Waals surface area contributed by atoms with Gasteiger partial charge in [0.2, 0.25) is 0 Å². The maximum absolute atomic E-state index is 5.80.